The lowest BCUT2D eigenvalue weighted by Crippen LogP contribution is -2.25. The van der Waals surface area contributed by atoms with Crippen molar-refractivity contribution in [1.82, 2.24) is 0 Å². The van der Waals surface area contributed by atoms with E-state index < -0.39 is 36.6 Å². The summed E-state index contributed by atoms with van der Waals surface area (Å²) in [5.74, 6) is -3.12. The molecule has 0 fully saturated rings. The van der Waals surface area contributed by atoms with Crippen LogP contribution in [-0.2, 0) is 33.4 Å². The quantitative estimate of drug-likeness (QED) is 0.326. The van der Waals surface area contributed by atoms with Crippen molar-refractivity contribution in [3.63, 3.8) is 0 Å². The van der Waals surface area contributed by atoms with Gasteiger partial charge in [-0.2, -0.15) is 0 Å². The summed E-state index contributed by atoms with van der Waals surface area (Å²) in [6, 6.07) is 0. The number of unbranched alkanes of at least 4 members (excludes halogenated alkanes) is 3. The lowest BCUT2D eigenvalue weighted by atomic mass is 10.0. The van der Waals surface area contributed by atoms with E-state index in [1.165, 1.54) is 13.8 Å². The molecule has 1 N–H and O–H groups in total. The Hall–Kier alpha value is -2.12. The van der Waals surface area contributed by atoms with Crippen LogP contribution >= 0.6 is 0 Å². The van der Waals surface area contributed by atoms with Gasteiger partial charge in [-0.05, 0) is 12.8 Å². The van der Waals surface area contributed by atoms with Crippen LogP contribution in [0.1, 0.15) is 52.4 Å². The van der Waals surface area contributed by atoms with Gasteiger partial charge < -0.3 is 19.3 Å². The molecule has 0 aliphatic rings. The van der Waals surface area contributed by atoms with Crippen molar-refractivity contribution < 1.29 is 38.5 Å². The van der Waals surface area contributed by atoms with E-state index in [2.05, 4.69) is 4.74 Å². The zero-order chi connectivity index (χ0) is 17.7. The van der Waals surface area contributed by atoms with Gasteiger partial charge in [0.15, 0.2) is 0 Å². The number of carbonyl (C=O) groups is 4. The van der Waals surface area contributed by atoms with Crippen molar-refractivity contribution >= 4 is 23.9 Å². The molecule has 0 rings (SSSR count). The molecule has 0 spiro atoms. The first-order valence-electron chi connectivity index (χ1n) is 7.48. The molecule has 0 heterocycles. The Labute approximate surface area is 135 Å². The van der Waals surface area contributed by atoms with E-state index in [9.17, 15) is 19.2 Å². The summed E-state index contributed by atoms with van der Waals surface area (Å²) in [5.41, 5.74) is 0. The monoisotopic (exact) mass is 332 g/mol. The van der Waals surface area contributed by atoms with E-state index in [0.29, 0.717) is 19.3 Å². The minimum atomic E-state index is -0.827. The van der Waals surface area contributed by atoms with Crippen molar-refractivity contribution in [2.24, 2.45) is 5.92 Å². The number of hydrogen-bond donors (Lipinski definition) is 1. The maximum atomic E-state index is 11.9. The van der Waals surface area contributed by atoms with E-state index >= 15 is 0 Å². The highest BCUT2D eigenvalue weighted by molar-refractivity contribution is 5.73. The largest absolute Gasteiger partial charge is 0.481 e. The van der Waals surface area contributed by atoms with Crippen LogP contribution in [0.15, 0.2) is 0 Å². The molecule has 132 valence electrons. The van der Waals surface area contributed by atoms with Gasteiger partial charge in [-0.1, -0.05) is 19.3 Å². The molecule has 0 radical (unpaired) electrons. The van der Waals surface area contributed by atoms with Crippen LogP contribution in [0.25, 0.3) is 0 Å². The first-order valence-corrected chi connectivity index (χ1v) is 7.48. The fraction of sp³-hybridized carbons (Fsp3) is 0.733. The number of aliphatic carboxylic acids is 1. The van der Waals surface area contributed by atoms with Gasteiger partial charge in [0.2, 0.25) is 6.79 Å². The van der Waals surface area contributed by atoms with Crippen molar-refractivity contribution in [2.75, 3.05) is 13.4 Å². The van der Waals surface area contributed by atoms with Crippen molar-refractivity contribution in [2.45, 2.75) is 52.4 Å². The maximum Gasteiger partial charge on any atom is 0.315 e. The summed E-state index contributed by atoms with van der Waals surface area (Å²) in [7, 11) is 0. The molecule has 0 aromatic rings. The smallest absolute Gasteiger partial charge is 0.315 e. The molecule has 0 saturated heterocycles. The van der Waals surface area contributed by atoms with Crippen LogP contribution in [0.4, 0.5) is 0 Å². The number of carboxylic acids is 1. The molecule has 0 aromatic heterocycles. The summed E-state index contributed by atoms with van der Waals surface area (Å²) in [5, 5.41) is 8.53. The minimum Gasteiger partial charge on any atom is -0.481 e. The van der Waals surface area contributed by atoms with Crippen molar-refractivity contribution in [3.05, 3.63) is 0 Å². The Morgan fingerprint density at radius 2 is 1.48 bits per heavy atom. The van der Waals surface area contributed by atoms with E-state index in [0.717, 1.165) is 12.8 Å². The van der Waals surface area contributed by atoms with Crippen LogP contribution in [0.5, 0.6) is 0 Å². The highest BCUT2D eigenvalue weighted by atomic mass is 16.7. The third-order valence-corrected chi connectivity index (χ3v) is 2.98. The molecule has 0 saturated carbocycles. The Morgan fingerprint density at radius 3 is 2.04 bits per heavy atom. The highest BCUT2D eigenvalue weighted by Gasteiger charge is 2.21. The second-order valence-corrected chi connectivity index (χ2v) is 5.06. The lowest BCUT2D eigenvalue weighted by Gasteiger charge is -2.15. The predicted molar refractivity (Wildman–Crippen MR) is 78.2 cm³/mol. The van der Waals surface area contributed by atoms with E-state index in [4.69, 9.17) is 14.6 Å². The van der Waals surface area contributed by atoms with Gasteiger partial charge in [-0.25, -0.2) is 0 Å². The summed E-state index contributed by atoms with van der Waals surface area (Å²) in [6.45, 7) is 1.88. The highest BCUT2D eigenvalue weighted by Crippen LogP contribution is 2.14. The van der Waals surface area contributed by atoms with Crippen LogP contribution in [-0.4, -0.2) is 42.4 Å². The number of ether oxygens (including phenoxy) is 3. The third-order valence-electron chi connectivity index (χ3n) is 2.98. The molecule has 0 aliphatic carbocycles. The van der Waals surface area contributed by atoms with Gasteiger partial charge in [-0.3, -0.25) is 19.2 Å². The van der Waals surface area contributed by atoms with E-state index in [1.807, 2.05) is 0 Å². The Balaban J connectivity index is 4.12. The molecule has 8 nitrogen and oxygen atoms in total. The Bertz CT molecular complexity index is 404. The zero-order valence-electron chi connectivity index (χ0n) is 13.5. The molecule has 23 heavy (non-hydrogen) atoms. The number of carbonyl (C=O) groups excluding carboxylic acids is 3. The van der Waals surface area contributed by atoms with Crippen LogP contribution in [0.2, 0.25) is 0 Å². The molecule has 8 heteroatoms. The van der Waals surface area contributed by atoms with Gasteiger partial charge in [0.05, 0.1) is 5.92 Å². The lowest BCUT2D eigenvalue weighted by molar-refractivity contribution is -0.170. The Morgan fingerprint density at radius 1 is 0.870 bits per heavy atom. The SMILES string of the molecule is CC(=O)OCOC(=O)C(CCCCCCC(=O)O)COC(C)=O. The summed E-state index contributed by atoms with van der Waals surface area (Å²) in [4.78, 5) is 43.7. The van der Waals surface area contributed by atoms with E-state index in [1.54, 1.807) is 0 Å². The third kappa shape index (κ3) is 13.3. The Kier molecular flexibility index (Phi) is 11.3. The zero-order valence-corrected chi connectivity index (χ0v) is 13.5. The molecular formula is C15H24O8. The number of rotatable bonds is 12. The van der Waals surface area contributed by atoms with Crippen LogP contribution in [0, 0.1) is 5.92 Å². The van der Waals surface area contributed by atoms with Gasteiger partial charge >= 0.3 is 23.9 Å². The number of hydrogen-bond acceptors (Lipinski definition) is 7. The van der Waals surface area contributed by atoms with E-state index in [-0.39, 0.29) is 13.0 Å². The van der Waals surface area contributed by atoms with Gasteiger partial charge in [0.1, 0.15) is 6.61 Å². The molecule has 0 amide bonds. The second-order valence-electron chi connectivity index (χ2n) is 5.06. The fourth-order valence-electron chi connectivity index (χ4n) is 1.80. The molecule has 1 unspecified atom stereocenters. The predicted octanol–water partition coefficient (Wildman–Crippen LogP) is 1.65. The standard InChI is InChI=1S/C15H24O8/c1-11(16)21-9-13(15(20)23-10-22-12(2)17)7-5-3-4-6-8-14(18)19/h13H,3-10H2,1-2H3,(H,18,19). The summed E-state index contributed by atoms with van der Waals surface area (Å²) < 4.78 is 14.2. The van der Waals surface area contributed by atoms with Crippen molar-refractivity contribution in [1.29, 1.82) is 0 Å². The average Bonchev–Trinajstić information content (AvgIpc) is 2.44. The first-order chi connectivity index (χ1) is 10.8. The molecular weight excluding hydrogens is 308 g/mol. The number of carboxylic acid groups (broad SMARTS) is 1. The molecule has 0 aliphatic heterocycles. The topological polar surface area (TPSA) is 116 Å². The van der Waals surface area contributed by atoms with Gasteiger partial charge in [-0.15, -0.1) is 0 Å². The minimum absolute atomic E-state index is 0.0939. The first kappa shape index (κ1) is 20.9. The fourth-order valence-corrected chi connectivity index (χ4v) is 1.80. The maximum absolute atomic E-state index is 11.9. The summed E-state index contributed by atoms with van der Waals surface area (Å²) in [6.07, 6.45) is 3.34. The van der Waals surface area contributed by atoms with Crippen molar-refractivity contribution in [3.8, 4) is 0 Å². The molecule has 0 bridgehead atoms. The molecule has 1 atom stereocenters. The molecule has 0 aromatic carbocycles. The van der Waals surface area contributed by atoms with Gasteiger partial charge in [0, 0.05) is 20.3 Å². The number of esters is 3. The average molecular weight is 332 g/mol. The van der Waals surface area contributed by atoms with Crippen LogP contribution in [0.3, 0.4) is 0 Å². The second kappa shape index (κ2) is 12.4. The summed E-state index contributed by atoms with van der Waals surface area (Å²) >= 11 is 0. The van der Waals surface area contributed by atoms with Crippen LogP contribution < -0.4 is 0 Å². The normalized spacial score (nSPS) is 11.4. The van der Waals surface area contributed by atoms with Gasteiger partial charge in [0.25, 0.3) is 0 Å².